The summed E-state index contributed by atoms with van der Waals surface area (Å²) in [7, 11) is 1.86. The van der Waals surface area contributed by atoms with Gasteiger partial charge in [-0.05, 0) is 44.5 Å². The van der Waals surface area contributed by atoms with Crippen molar-refractivity contribution in [2.75, 3.05) is 13.6 Å². The smallest absolute Gasteiger partial charge is 0.323 e. The van der Waals surface area contributed by atoms with Crippen LogP contribution in [0.2, 0.25) is 0 Å². The SMILES string of the molecule is CCC(C)(C(=O)O)N(C)CCc1ccncc1. The molecule has 94 valence electrons. The zero-order valence-electron chi connectivity index (χ0n) is 10.7. The van der Waals surface area contributed by atoms with Crippen molar-refractivity contribution >= 4 is 5.97 Å². The molecule has 0 saturated carbocycles. The number of carboxylic acid groups (broad SMARTS) is 1. The van der Waals surface area contributed by atoms with Gasteiger partial charge >= 0.3 is 5.97 Å². The lowest BCUT2D eigenvalue weighted by molar-refractivity contribution is -0.149. The molecule has 0 spiro atoms. The fourth-order valence-electron chi connectivity index (χ4n) is 1.68. The highest BCUT2D eigenvalue weighted by Gasteiger charge is 2.35. The van der Waals surface area contributed by atoms with Crippen LogP contribution in [0.5, 0.6) is 0 Å². The van der Waals surface area contributed by atoms with Crippen molar-refractivity contribution in [2.45, 2.75) is 32.2 Å². The summed E-state index contributed by atoms with van der Waals surface area (Å²) in [5.41, 5.74) is 0.392. The number of likely N-dealkylation sites (N-methyl/N-ethyl adjacent to an activating group) is 1. The van der Waals surface area contributed by atoms with Gasteiger partial charge in [0.15, 0.2) is 0 Å². The van der Waals surface area contributed by atoms with Gasteiger partial charge in [-0.3, -0.25) is 14.7 Å². The number of aliphatic carboxylic acids is 1. The first-order chi connectivity index (χ1) is 8.00. The monoisotopic (exact) mass is 236 g/mol. The highest BCUT2D eigenvalue weighted by atomic mass is 16.4. The topological polar surface area (TPSA) is 53.4 Å². The molecule has 1 aromatic heterocycles. The third kappa shape index (κ3) is 3.27. The van der Waals surface area contributed by atoms with Crippen molar-refractivity contribution in [3.05, 3.63) is 30.1 Å². The van der Waals surface area contributed by atoms with Crippen LogP contribution in [0, 0.1) is 0 Å². The van der Waals surface area contributed by atoms with Crippen molar-refractivity contribution in [3.63, 3.8) is 0 Å². The lowest BCUT2D eigenvalue weighted by atomic mass is 9.96. The highest BCUT2D eigenvalue weighted by Crippen LogP contribution is 2.18. The van der Waals surface area contributed by atoms with E-state index in [1.807, 2.05) is 31.0 Å². The molecule has 4 heteroatoms. The number of rotatable bonds is 6. The molecule has 0 amide bonds. The Balaban J connectivity index is 2.60. The average Bonchev–Trinajstić information content (AvgIpc) is 2.35. The van der Waals surface area contributed by atoms with E-state index in [0.29, 0.717) is 6.42 Å². The van der Waals surface area contributed by atoms with Gasteiger partial charge in [-0.15, -0.1) is 0 Å². The van der Waals surface area contributed by atoms with Gasteiger partial charge in [0.2, 0.25) is 0 Å². The maximum atomic E-state index is 11.3. The molecule has 0 aromatic carbocycles. The molecule has 0 bridgehead atoms. The fraction of sp³-hybridized carbons (Fsp3) is 0.538. The van der Waals surface area contributed by atoms with E-state index in [4.69, 9.17) is 0 Å². The Morgan fingerprint density at radius 1 is 1.47 bits per heavy atom. The largest absolute Gasteiger partial charge is 0.480 e. The van der Waals surface area contributed by atoms with Crippen LogP contribution >= 0.6 is 0 Å². The predicted octanol–water partition coefficient (Wildman–Crippen LogP) is 1.81. The maximum Gasteiger partial charge on any atom is 0.323 e. The molecule has 0 radical (unpaired) electrons. The van der Waals surface area contributed by atoms with E-state index in [0.717, 1.165) is 13.0 Å². The minimum absolute atomic E-state index is 0.592. The zero-order valence-corrected chi connectivity index (χ0v) is 10.7. The second kappa shape index (κ2) is 5.77. The quantitative estimate of drug-likeness (QED) is 0.818. The van der Waals surface area contributed by atoms with E-state index in [-0.39, 0.29) is 0 Å². The van der Waals surface area contributed by atoms with E-state index in [1.165, 1.54) is 5.56 Å². The number of carbonyl (C=O) groups is 1. The Morgan fingerprint density at radius 3 is 2.53 bits per heavy atom. The first kappa shape index (κ1) is 13.6. The average molecular weight is 236 g/mol. The molecule has 1 aromatic rings. The number of pyridine rings is 1. The van der Waals surface area contributed by atoms with Crippen LogP contribution in [-0.2, 0) is 11.2 Å². The second-order valence-electron chi connectivity index (χ2n) is 4.46. The van der Waals surface area contributed by atoms with Gasteiger partial charge in [-0.25, -0.2) is 0 Å². The highest BCUT2D eigenvalue weighted by molar-refractivity contribution is 5.78. The molecular formula is C13H20N2O2. The summed E-state index contributed by atoms with van der Waals surface area (Å²) in [6.45, 7) is 4.39. The summed E-state index contributed by atoms with van der Waals surface area (Å²) in [5, 5.41) is 9.25. The summed E-state index contributed by atoms with van der Waals surface area (Å²) < 4.78 is 0. The molecule has 1 N–H and O–H groups in total. The van der Waals surface area contributed by atoms with Crippen molar-refractivity contribution in [3.8, 4) is 0 Å². The molecule has 1 heterocycles. The molecule has 0 fully saturated rings. The van der Waals surface area contributed by atoms with Crippen molar-refractivity contribution in [2.24, 2.45) is 0 Å². The van der Waals surface area contributed by atoms with Crippen LogP contribution < -0.4 is 0 Å². The molecule has 0 saturated heterocycles. The number of hydrogen-bond acceptors (Lipinski definition) is 3. The van der Waals surface area contributed by atoms with Crippen molar-refractivity contribution in [1.29, 1.82) is 0 Å². The molecule has 0 aliphatic heterocycles. The molecule has 1 rings (SSSR count). The lowest BCUT2D eigenvalue weighted by Gasteiger charge is -2.34. The van der Waals surface area contributed by atoms with Gasteiger partial charge in [-0.1, -0.05) is 6.92 Å². The standard InChI is InChI=1S/C13H20N2O2/c1-4-13(2,12(16)17)15(3)10-7-11-5-8-14-9-6-11/h5-6,8-9H,4,7,10H2,1-3H3,(H,16,17). The molecule has 0 aliphatic rings. The van der Waals surface area contributed by atoms with Crippen LogP contribution in [0.4, 0.5) is 0 Å². The summed E-state index contributed by atoms with van der Waals surface area (Å²) in [4.78, 5) is 17.1. The first-order valence-corrected chi connectivity index (χ1v) is 5.84. The van der Waals surface area contributed by atoms with Gasteiger partial charge in [0, 0.05) is 18.9 Å². The fourth-order valence-corrected chi connectivity index (χ4v) is 1.68. The van der Waals surface area contributed by atoms with Gasteiger partial charge in [0.05, 0.1) is 0 Å². The molecular weight excluding hydrogens is 216 g/mol. The molecule has 0 aliphatic carbocycles. The Morgan fingerprint density at radius 2 is 2.06 bits per heavy atom. The Kier molecular flexibility index (Phi) is 4.63. The molecule has 17 heavy (non-hydrogen) atoms. The van der Waals surface area contributed by atoms with Crippen LogP contribution in [0.25, 0.3) is 0 Å². The van der Waals surface area contributed by atoms with Crippen molar-refractivity contribution in [1.82, 2.24) is 9.88 Å². The number of nitrogens with zero attached hydrogens (tertiary/aromatic N) is 2. The maximum absolute atomic E-state index is 11.3. The Bertz CT molecular complexity index is 367. The molecule has 1 unspecified atom stereocenters. The minimum Gasteiger partial charge on any atom is -0.480 e. The minimum atomic E-state index is -0.785. The van der Waals surface area contributed by atoms with Gasteiger partial charge in [-0.2, -0.15) is 0 Å². The summed E-state index contributed by atoms with van der Waals surface area (Å²) >= 11 is 0. The van der Waals surface area contributed by atoms with Crippen LogP contribution in [0.1, 0.15) is 25.8 Å². The molecule has 4 nitrogen and oxygen atoms in total. The number of aromatic nitrogens is 1. The first-order valence-electron chi connectivity index (χ1n) is 5.84. The Labute approximate surface area is 102 Å². The second-order valence-corrected chi connectivity index (χ2v) is 4.46. The molecule has 1 atom stereocenters. The van der Waals surface area contributed by atoms with Gasteiger partial charge in [0.1, 0.15) is 5.54 Å². The third-order valence-electron chi connectivity index (χ3n) is 3.48. The van der Waals surface area contributed by atoms with Crippen LogP contribution in [-0.4, -0.2) is 40.1 Å². The van der Waals surface area contributed by atoms with E-state index in [2.05, 4.69) is 4.98 Å². The number of carboxylic acids is 1. The van der Waals surface area contributed by atoms with Crippen molar-refractivity contribution < 1.29 is 9.90 Å². The van der Waals surface area contributed by atoms with Crippen LogP contribution in [0.3, 0.4) is 0 Å². The third-order valence-corrected chi connectivity index (χ3v) is 3.48. The van der Waals surface area contributed by atoms with E-state index in [9.17, 15) is 9.90 Å². The van der Waals surface area contributed by atoms with Gasteiger partial charge in [0.25, 0.3) is 0 Å². The van der Waals surface area contributed by atoms with Gasteiger partial charge < -0.3 is 5.11 Å². The summed E-state index contributed by atoms with van der Waals surface area (Å²) in [6.07, 6.45) is 4.94. The lowest BCUT2D eigenvalue weighted by Crippen LogP contribution is -2.50. The zero-order chi connectivity index (χ0) is 12.9. The Hall–Kier alpha value is -1.42. The van der Waals surface area contributed by atoms with Crippen LogP contribution in [0.15, 0.2) is 24.5 Å². The van der Waals surface area contributed by atoms with E-state index in [1.54, 1.807) is 19.3 Å². The summed E-state index contributed by atoms with van der Waals surface area (Å²) in [5.74, 6) is -0.766. The normalized spacial score (nSPS) is 14.6. The predicted molar refractivity (Wildman–Crippen MR) is 66.9 cm³/mol. The van der Waals surface area contributed by atoms with E-state index >= 15 is 0 Å². The summed E-state index contributed by atoms with van der Waals surface area (Å²) in [6, 6.07) is 3.91. The van der Waals surface area contributed by atoms with E-state index < -0.39 is 11.5 Å². The number of hydrogen-bond donors (Lipinski definition) is 1.